The van der Waals surface area contributed by atoms with Crippen LogP contribution < -0.4 is 72.0 Å². The number of benzene rings is 6. The number of ether oxygens (including phenoxy) is 8. The van der Waals surface area contributed by atoms with Gasteiger partial charge in [-0.1, -0.05) is 92.9 Å². The Labute approximate surface area is 998 Å². The smallest absolute Gasteiger partial charge is 0.368 e. The minimum atomic E-state index is -2.74. The van der Waals surface area contributed by atoms with Crippen LogP contribution in [0.5, 0.6) is 42.7 Å². The molecule has 2 fully saturated rings. The topological polar surface area (TPSA) is 467 Å². The Kier molecular flexibility index (Phi) is 47.0. The average Bonchev–Trinajstić information content (AvgIpc) is 1.59. The van der Waals surface area contributed by atoms with Crippen molar-refractivity contribution in [1.29, 1.82) is 0 Å². The van der Waals surface area contributed by atoms with Crippen LogP contribution >= 0.6 is 80.6 Å². The Morgan fingerprint density at radius 3 is 0.917 bits per heavy atom. The zero-order chi connectivity index (χ0) is 97.1. The van der Waals surface area contributed by atoms with Crippen LogP contribution in [-0.2, 0) is 284 Å². The van der Waals surface area contributed by atoms with Crippen molar-refractivity contribution in [1.82, 2.24) is 149 Å². The Hall–Kier alpha value is -8.45. The fourth-order valence-electron chi connectivity index (χ4n) is 13.3. The third-order valence-electron chi connectivity index (χ3n) is 20.2. The zero-order valence-corrected chi connectivity index (χ0v) is 101. The number of thiol groups is 1. The van der Waals surface area contributed by atoms with Crippen LogP contribution in [0.1, 0.15) is 108 Å². The van der Waals surface area contributed by atoms with Crippen LogP contribution in [0.25, 0.3) is 34.1 Å². The zero-order valence-electron chi connectivity index (χ0n) is 78.1. The van der Waals surface area contributed by atoms with E-state index in [1.807, 2.05) is 82.3 Å². The Morgan fingerprint density at radius 2 is 0.625 bits per heavy atom. The second-order valence-electron chi connectivity index (χ2n) is 29.7. The second-order valence-corrected chi connectivity index (χ2v) is 34.9. The third kappa shape index (κ3) is 30.2. The SMILES string of the molecule is CC(C)Oc1cccc(-n2nnn(C)c2=O)c1COc1n[c-]cs1.CCOc1cccc(-n2nnn(C)c2=O)c1COc1n[c-]cs1.Cc1cccc(-n2nnn(C)c2=O)c1COc1n[c-]cs1.Cn1nnn(-c2cccc(C3CC3(F)F)c2COc2n[c-]cs2)c1=O.Cn1nnn(-c2cccc(C3CC3)c2COc2n[c-]cs2)c1=O.Cn1nnn(-c2cccc(CS)c2COc2n[c-]cs2)c1=O.[Y].[Y].[Y].[Y].[Y].[Y]. The first-order valence-corrected chi connectivity index (χ1v) is 47.3. The van der Waals surface area contributed by atoms with Crippen molar-refractivity contribution in [3.05, 3.63) is 297 Å². The van der Waals surface area contributed by atoms with Gasteiger partial charge in [-0.2, -0.15) is 68.8 Å². The van der Waals surface area contributed by atoms with Gasteiger partial charge in [-0.05, 0) is 180 Å². The largest absolute Gasteiger partial charge is 0.550 e. The molecule has 44 nitrogen and oxygen atoms in total. The summed E-state index contributed by atoms with van der Waals surface area (Å²) in [6, 6.07) is 32.8. The van der Waals surface area contributed by atoms with Gasteiger partial charge < -0.3 is 67.8 Å². The van der Waals surface area contributed by atoms with Crippen molar-refractivity contribution < 1.29 is 243 Å². The van der Waals surface area contributed by atoms with E-state index in [-0.39, 0.29) is 264 Å². The molecule has 12 heterocycles. The number of rotatable bonds is 31. The minimum Gasteiger partial charge on any atom is -0.550 e. The number of tetrazole rings is 6. The molecule has 0 N–H and O–H groups in total. The van der Waals surface area contributed by atoms with Gasteiger partial charge in [-0.25, -0.2) is 106 Å². The summed E-state index contributed by atoms with van der Waals surface area (Å²) < 4.78 is 87.1. The van der Waals surface area contributed by atoms with E-state index in [9.17, 15) is 37.5 Å². The van der Waals surface area contributed by atoms with E-state index in [4.69, 9.17) is 37.9 Å². The van der Waals surface area contributed by atoms with Gasteiger partial charge in [-0.15, -0.1) is 37.2 Å². The van der Waals surface area contributed by atoms with Crippen molar-refractivity contribution in [2.75, 3.05) is 6.61 Å². The van der Waals surface area contributed by atoms with Crippen molar-refractivity contribution in [3.8, 4) is 76.8 Å². The number of aryl methyl sites for hydroxylation is 7. The Balaban J connectivity index is 0.000000191. The van der Waals surface area contributed by atoms with E-state index in [0.717, 1.165) is 59.4 Å². The predicted octanol–water partition coefficient (Wildman–Crippen LogP) is 8.72. The molecule has 0 amide bonds. The summed E-state index contributed by atoms with van der Waals surface area (Å²) in [5.41, 5.74) is 9.60. The maximum Gasteiger partial charge on any atom is 0.368 e. The fraction of sp³-hybridized carbons (Fsp3) is 0.294. The molecule has 6 aromatic carbocycles. The van der Waals surface area contributed by atoms with Crippen molar-refractivity contribution in [2.45, 2.75) is 116 Å². The maximum absolute atomic E-state index is 13.6. The molecule has 20 rings (SSSR count). The minimum absolute atomic E-state index is 0. The van der Waals surface area contributed by atoms with Gasteiger partial charge in [0.2, 0.25) is 0 Å². The van der Waals surface area contributed by atoms with Gasteiger partial charge in [0.15, 0.2) is 0 Å². The first-order chi connectivity index (χ1) is 66.8. The number of halogens is 2. The van der Waals surface area contributed by atoms with Crippen LogP contribution in [0.4, 0.5) is 8.78 Å². The van der Waals surface area contributed by atoms with E-state index in [1.54, 1.807) is 116 Å². The summed E-state index contributed by atoms with van der Waals surface area (Å²) in [7, 11) is 9.24. The summed E-state index contributed by atoms with van der Waals surface area (Å²) in [6.07, 6.45) is 18.3. The summed E-state index contributed by atoms with van der Waals surface area (Å²) in [6.45, 7) is 9.47. The van der Waals surface area contributed by atoms with Crippen LogP contribution in [0, 0.1) is 44.1 Å². The molecule has 0 bridgehead atoms. The fourth-order valence-corrected chi connectivity index (χ4v) is 16.2. The third-order valence-corrected chi connectivity index (χ3v) is 24.4. The van der Waals surface area contributed by atoms with Gasteiger partial charge in [0.05, 0.1) is 104 Å². The molecule has 59 heteroatoms. The molecular formula is C85H80F2N30O14S7Y6-6. The molecular weight excluding hydrogens is 2460 g/mol. The first kappa shape index (κ1) is 119. The maximum atomic E-state index is 13.6. The molecule has 12 aromatic heterocycles. The summed E-state index contributed by atoms with van der Waals surface area (Å²) >= 11 is 12.4. The monoisotopic (exact) mass is 2540 g/mol. The van der Waals surface area contributed by atoms with Crippen molar-refractivity contribution in [2.24, 2.45) is 42.3 Å². The molecule has 1 unspecified atom stereocenters. The molecule has 6 radical (unpaired) electrons. The van der Waals surface area contributed by atoms with E-state index >= 15 is 0 Å². The van der Waals surface area contributed by atoms with Crippen LogP contribution in [0.3, 0.4) is 0 Å². The summed E-state index contributed by atoms with van der Waals surface area (Å²) in [5.74, 6) is -1.32. The van der Waals surface area contributed by atoms with Gasteiger partial charge >= 0.3 is 34.1 Å². The molecule has 0 saturated heterocycles. The van der Waals surface area contributed by atoms with Gasteiger partial charge in [0.1, 0.15) is 42.7 Å². The van der Waals surface area contributed by atoms with Crippen molar-refractivity contribution in [3.63, 3.8) is 0 Å². The molecule has 18 aromatic rings. The number of hydrogen-bond acceptors (Lipinski definition) is 39. The summed E-state index contributed by atoms with van der Waals surface area (Å²) in [5, 5.41) is 58.9. The quantitative estimate of drug-likeness (QED) is 0.0313. The van der Waals surface area contributed by atoms with Crippen LogP contribution in [-0.4, -0.2) is 167 Å². The summed E-state index contributed by atoms with van der Waals surface area (Å²) in [4.78, 5) is 96.5. The number of alkyl halides is 2. The number of thiazole rings is 6. The number of aromatic nitrogens is 30. The first-order valence-electron chi connectivity index (χ1n) is 41.4. The number of hydrogen-bond donors (Lipinski definition) is 1. The van der Waals surface area contributed by atoms with E-state index in [2.05, 4.69) is 148 Å². The van der Waals surface area contributed by atoms with E-state index in [1.165, 1.54) is 118 Å². The van der Waals surface area contributed by atoms with Gasteiger partial charge in [-0.3, -0.25) is 0 Å². The van der Waals surface area contributed by atoms with Gasteiger partial charge in [0, 0.05) is 273 Å². The normalized spacial score (nSPS) is 12.2. The van der Waals surface area contributed by atoms with Gasteiger partial charge in [0.25, 0.3) is 5.92 Å². The Morgan fingerprint density at radius 1 is 0.361 bits per heavy atom. The standard InChI is InChI=1S/C15H12F2N5O2S.C15H16N5O3S.C15H14N5O2S.C14H14N5O3S.C13H12N5O2S2.C13H12N5O2S.6Y/c1-21-14(23)22(20-19-21)12-4-2-3-9(11-7-15(11,16)17)10(12)8-24-13-18-5-6-25-13;1-10(2)23-13-6-4-5-12(20-15(21)19(3)17-18-20)11(13)9-22-14-16-7-8-24-14;1-19-15(21)20(18-17-19)13-4-2-3-11(10-5-6-10)12(13)9-22-14-16-7-8-23-14;1-3-21-12-6-4-5-11(19-14(20)18(2)16-17-19)10(12)9-22-13-15-7-8-23-13;1-17-13(19)18(16-15-17)11-4-2-3-9(8-21)10(11)7-20-12-14-5-6-22-12;1-9-4-3-5-11(18-13(19)17(2)15-16-18)10(9)8-20-12-14-6-7-21-12;;;;;;/h2-4,6,11H,7-8H2,1H3;4-6,8,10H,9H2,1-3H3;2-4,8,10H,5-6,9H2,1H3;4-6,8H,3,9H2,1-2H3;2-4,6,21H,7-8H2,1H3;3-5,7H,8H2,1-2H3;;;;;;/q6*-1;;;;;;. The van der Waals surface area contributed by atoms with E-state index < -0.39 is 17.5 Å². The molecule has 2 saturated carbocycles. The molecule has 2 aliphatic rings. The predicted molar refractivity (Wildman–Crippen MR) is 500 cm³/mol. The number of nitrogens with zero attached hydrogens (tertiary/aromatic N) is 30. The molecule has 144 heavy (non-hydrogen) atoms. The average molecular weight is 2540 g/mol. The molecule has 0 aliphatic heterocycles. The molecule has 0 spiro atoms. The van der Waals surface area contributed by atoms with Crippen molar-refractivity contribution >= 4 is 80.6 Å². The molecule has 734 valence electrons. The second kappa shape index (κ2) is 56.8. The van der Waals surface area contributed by atoms with E-state index in [0.29, 0.717) is 131 Å². The molecule has 2 aliphatic carbocycles. The Bertz CT molecular complexity index is 7480. The van der Waals surface area contributed by atoms with Crippen LogP contribution in [0.15, 0.2) is 170 Å². The molecule has 1 atom stereocenters. The van der Waals surface area contributed by atoms with Crippen LogP contribution in [0.2, 0.25) is 0 Å².